The smallest absolute Gasteiger partial charge is 0.248 e. The first-order chi connectivity index (χ1) is 8.34. The minimum Gasteiger partial charge on any atom is -0.316 e. The molecule has 1 fully saturated rings. The lowest BCUT2D eigenvalue weighted by Crippen LogP contribution is -2.43. The maximum absolute atomic E-state index is 11.5. The normalized spacial score (nSPS) is 15.1. The zero-order chi connectivity index (χ0) is 11.9. The molecule has 3 N–H and O–H groups in total. The molecule has 1 aromatic rings. The molecule has 6 heteroatoms. The Hall–Kier alpha value is -1.27. The number of thioether (sulfide) groups is 1. The number of anilines is 1. The van der Waals surface area contributed by atoms with Crippen LogP contribution < -0.4 is 16.2 Å². The van der Waals surface area contributed by atoms with Gasteiger partial charge >= 0.3 is 0 Å². The second-order valence-corrected chi connectivity index (χ2v) is 4.96. The molecular formula is C11H16N4OS. The van der Waals surface area contributed by atoms with E-state index in [4.69, 9.17) is 0 Å². The number of nitrogens with zero attached hydrogens (tertiary/aromatic N) is 1. The van der Waals surface area contributed by atoms with Crippen molar-refractivity contribution in [3.63, 3.8) is 0 Å². The van der Waals surface area contributed by atoms with E-state index in [-0.39, 0.29) is 5.91 Å². The van der Waals surface area contributed by atoms with Crippen molar-refractivity contribution in [2.45, 2.75) is 0 Å². The summed E-state index contributed by atoms with van der Waals surface area (Å²) in [5.41, 5.74) is 5.39. The van der Waals surface area contributed by atoms with Gasteiger partial charge in [0.1, 0.15) is 5.82 Å². The summed E-state index contributed by atoms with van der Waals surface area (Å²) in [7, 11) is 0. The SMILES string of the molecule is O=C(CSCC1CNC1)NNc1ccccn1. The van der Waals surface area contributed by atoms with E-state index in [1.807, 2.05) is 12.1 Å². The molecule has 17 heavy (non-hydrogen) atoms. The van der Waals surface area contributed by atoms with Gasteiger partial charge < -0.3 is 5.32 Å². The van der Waals surface area contributed by atoms with Crippen molar-refractivity contribution in [2.24, 2.45) is 5.92 Å². The van der Waals surface area contributed by atoms with Crippen molar-refractivity contribution in [2.75, 3.05) is 30.0 Å². The summed E-state index contributed by atoms with van der Waals surface area (Å²) < 4.78 is 0. The molecule has 2 heterocycles. The second kappa shape index (κ2) is 6.46. The number of hydrogen-bond donors (Lipinski definition) is 3. The minimum absolute atomic E-state index is 0.0204. The zero-order valence-corrected chi connectivity index (χ0v) is 10.3. The highest BCUT2D eigenvalue weighted by Gasteiger charge is 2.16. The van der Waals surface area contributed by atoms with Crippen LogP contribution in [-0.4, -0.2) is 35.5 Å². The first-order valence-corrected chi connectivity index (χ1v) is 6.74. The van der Waals surface area contributed by atoms with Crippen molar-refractivity contribution in [3.05, 3.63) is 24.4 Å². The van der Waals surface area contributed by atoms with Crippen LogP contribution in [0.3, 0.4) is 0 Å². The fraction of sp³-hybridized carbons (Fsp3) is 0.455. The Morgan fingerprint density at radius 1 is 1.53 bits per heavy atom. The Labute approximate surface area is 105 Å². The third kappa shape index (κ3) is 4.24. The van der Waals surface area contributed by atoms with Gasteiger partial charge in [-0.25, -0.2) is 4.98 Å². The van der Waals surface area contributed by atoms with Crippen molar-refractivity contribution >= 4 is 23.5 Å². The highest BCUT2D eigenvalue weighted by molar-refractivity contribution is 7.99. The topological polar surface area (TPSA) is 66.1 Å². The van der Waals surface area contributed by atoms with Crippen molar-refractivity contribution in [3.8, 4) is 0 Å². The van der Waals surface area contributed by atoms with Gasteiger partial charge in [-0.05, 0) is 36.9 Å². The Morgan fingerprint density at radius 2 is 2.41 bits per heavy atom. The van der Waals surface area contributed by atoms with Gasteiger partial charge in [-0.15, -0.1) is 0 Å². The van der Waals surface area contributed by atoms with Crippen LogP contribution in [0.2, 0.25) is 0 Å². The first kappa shape index (κ1) is 12.2. The molecule has 2 rings (SSSR count). The predicted molar refractivity (Wildman–Crippen MR) is 69.7 cm³/mol. The van der Waals surface area contributed by atoms with Crippen LogP contribution in [0.1, 0.15) is 0 Å². The lowest BCUT2D eigenvalue weighted by atomic mass is 10.1. The molecule has 0 aromatic carbocycles. The standard InChI is InChI=1S/C11H16N4OS/c16-11(8-17-7-9-5-12-6-9)15-14-10-3-1-2-4-13-10/h1-4,9,12H,5-8H2,(H,13,14)(H,15,16). The van der Waals surface area contributed by atoms with Crippen LogP contribution in [0.4, 0.5) is 5.82 Å². The van der Waals surface area contributed by atoms with Crippen LogP contribution in [0.15, 0.2) is 24.4 Å². The number of carbonyl (C=O) groups is 1. The third-order valence-electron chi connectivity index (χ3n) is 2.45. The Balaban J connectivity index is 1.57. The maximum atomic E-state index is 11.5. The van der Waals surface area contributed by atoms with Gasteiger partial charge in [-0.2, -0.15) is 11.8 Å². The first-order valence-electron chi connectivity index (χ1n) is 5.59. The molecule has 0 aliphatic carbocycles. The van der Waals surface area contributed by atoms with E-state index >= 15 is 0 Å². The molecule has 0 bridgehead atoms. The number of hydrogen-bond acceptors (Lipinski definition) is 5. The number of aromatic nitrogens is 1. The molecule has 0 saturated carbocycles. The average molecular weight is 252 g/mol. The van der Waals surface area contributed by atoms with E-state index < -0.39 is 0 Å². The van der Waals surface area contributed by atoms with Gasteiger partial charge in [-0.1, -0.05) is 6.07 Å². The van der Waals surface area contributed by atoms with Crippen LogP contribution in [0.5, 0.6) is 0 Å². The third-order valence-corrected chi connectivity index (χ3v) is 3.62. The van der Waals surface area contributed by atoms with Crippen LogP contribution in [0.25, 0.3) is 0 Å². The summed E-state index contributed by atoms with van der Waals surface area (Å²) in [6.45, 7) is 2.17. The van der Waals surface area contributed by atoms with Crippen LogP contribution >= 0.6 is 11.8 Å². The lowest BCUT2D eigenvalue weighted by molar-refractivity contribution is -0.118. The highest BCUT2D eigenvalue weighted by atomic mass is 32.2. The number of amides is 1. The fourth-order valence-corrected chi connectivity index (χ4v) is 2.34. The van der Waals surface area contributed by atoms with Gasteiger partial charge in [0.05, 0.1) is 5.75 Å². The number of rotatable bonds is 6. The molecule has 0 spiro atoms. The minimum atomic E-state index is -0.0204. The molecule has 1 aliphatic heterocycles. The zero-order valence-electron chi connectivity index (χ0n) is 9.48. The molecule has 1 aliphatic rings. The van der Waals surface area contributed by atoms with Crippen LogP contribution in [0, 0.1) is 5.92 Å². The highest BCUT2D eigenvalue weighted by Crippen LogP contribution is 2.11. The molecule has 0 radical (unpaired) electrons. The number of carbonyl (C=O) groups excluding carboxylic acids is 1. The van der Waals surface area contributed by atoms with E-state index in [1.165, 1.54) is 0 Å². The second-order valence-electron chi connectivity index (χ2n) is 3.93. The van der Waals surface area contributed by atoms with E-state index in [0.717, 1.165) is 24.8 Å². The van der Waals surface area contributed by atoms with E-state index in [1.54, 1.807) is 24.0 Å². The van der Waals surface area contributed by atoms with E-state index in [0.29, 0.717) is 11.6 Å². The lowest BCUT2D eigenvalue weighted by Gasteiger charge is -2.26. The maximum Gasteiger partial charge on any atom is 0.248 e. The summed E-state index contributed by atoms with van der Waals surface area (Å²) in [6.07, 6.45) is 1.67. The van der Waals surface area contributed by atoms with E-state index in [2.05, 4.69) is 21.2 Å². The largest absolute Gasteiger partial charge is 0.316 e. The number of pyridine rings is 1. The molecule has 92 valence electrons. The van der Waals surface area contributed by atoms with Crippen LogP contribution in [-0.2, 0) is 4.79 Å². The van der Waals surface area contributed by atoms with Gasteiger partial charge in [0, 0.05) is 6.20 Å². The summed E-state index contributed by atoms with van der Waals surface area (Å²) in [6, 6.07) is 5.49. The summed E-state index contributed by atoms with van der Waals surface area (Å²) in [5, 5.41) is 3.21. The molecule has 1 amide bonds. The summed E-state index contributed by atoms with van der Waals surface area (Å²) in [4.78, 5) is 15.5. The van der Waals surface area contributed by atoms with Crippen molar-refractivity contribution < 1.29 is 4.79 Å². The molecule has 0 unspecified atom stereocenters. The Morgan fingerprint density at radius 3 is 3.06 bits per heavy atom. The Kier molecular flexibility index (Phi) is 4.63. The summed E-state index contributed by atoms with van der Waals surface area (Å²) >= 11 is 1.67. The van der Waals surface area contributed by atoms with Crippen molar-refractivity contribution in [1.29, 1.82) is 0 Å². The molecular weight excluding hydrogens is 236 g/mol. The van der Waals surface area contributed by atoms with E-state index in [9.17, 15) is 4.79 Å². The average Bonchev–Trinajstić information content (AvgIpc) is 2.31. The molecule has 1 saturated heterocycles. The summed E-state index contributed by atoms with van der Waals surface area (Å²) in [5.74, 6) is 2.89. The van der Waals surface area contributed by atoms with Crippen molar-refractivity contribution in [1.82, 2.24) is 15.7 Å². The quantitative estimate of drug-likeness (QED) is 0.643. The molecule has 5 nitrogen and oxygen atoms in total. The van der Waals surface area contributed by atoms with Gasteiger partial charge in [-0.3, -0.25) is 15.6 Å². The van der Waals surface area contributed by atoms with Gasteiger partial charge in [0.2, 0.25) is 5.91 Å². The predicted octanol–water partition coefficient (Wildman–Crippen LogP) is 0.477. The number of hydrazine groups is 1. The van der Waals surface area contributed by atoms with Gasteiger partial charge in [0.25, 0.3) is 0 Å². The Bertz CT molecular complexity index is 356. The molecule has 0 atom stereocenters. The monoisotopic (exact) mass is 252 g/mol. The fourth-order valence-electron chi connectivity index (χ4n) is 1.39. The number of nitrogens with one attached hydrogen (secondary N) is 3. The molecule has 1 aromatic heterocycles. The van der Waals surface area contributed by atoms with Gasteiger partial charge in [0.15, 0.2) is 0 Å².